The van der Waals surface area contributed by atoms with Gasteiger partial charge in [-0.25, -0.2) is 4.79 Å². The van der Waals surface area contributed by atoms with Gasteiger partial charge in [0.2, 0.25) is 0 Å². The van der Waals surface area contributed by atoms with Gasteiger partial charge in [0.25, 0.3) is 0 Å². The van der Waals surface area contributed by atoms with Crippen LogP contribution in [0.5, 0.6) is 0 Å². The van der Waals surface area contributed by atoms with E-state index in [0.717, 1.165) is 25.3 Å². The quantitative estimate of drug-likeness (QED) is 0.296. The van der Waals surface area contributed by atoms with E-state index in [1.54, 1.807) is 0 Å². The van der Waals surface area contributed by atoms with E-state index >= 15 is 0 Å². The highest BCUT2D eigenvalue weighted by Crippen LogP contribution is 2.22. The molecule has 6 heteroatoms. The van der Waals surface area contributed by atoms with Gasteiger partial charge < -0.3 is 18.0 Å². The molecule has 0 fully saturated rings. The van der Waals surface area contributed by atoms with Gasteiger partial charge in [0.1, 0.15) is 0 Å². The molecule has 0 aliphatic carbocycles. The second kappa shape index (κ2) is 11.9. The SMILES string of the molecule is C=CC(=O)OC(CC)[Si](OCCC)(OCCC)OCCC. The molecule has 0 aromatic carbocycles. The van der Waals surface area contributed by atoms with Crippen molar-refractivity contribution in [2.75, 3.05) is 19.8 Å². The van der Waals surface area contributed by atoms with Crippen molar-refractivity contribution in [3.63, 3.8) is 0 Å². The summed E-state index contributed by atoms with van der Waals surface area (Å²) in [6.45, 7) is 13.0. The number of hydrogen-bond acceptors (Lipinski definition) is 5. The number of carbonyl (C=O) groups is 1. The molecule has 0 aliphatic heterocycles. The molecule has 0 N–H and O–H groups in total. The second-order valence-corrected chi connectivity index (χ2v) is 7.40. The maximum absolute atomic E-state index is 11.6. The third-order valence-electron chi connectivity index (χ3n) is 2.71. The molecule has 0 saturated carbocycles. The minimum atomic E-state index is -3.06. The van der Waals surface area contributed by atoms with E-state index in [0.29, 0.717) is 26.2 Å². The number of rotatable bonds is 13. The topological polar surface area (TPSA) is 54.0 Å². The van der Waals surface area contributed by atoms with Gasteiger partial charge in [-0.3, -0.25) is 0 Å². The van der Waals surface area contributed by atoms with Crippen molar-refractivity contribution in [3.05, 3.63) is 12.7 Å². The van der Waals surface area contributed by atoms with E-state index in [2.05, 4.69) is 6.58 Å². The first-order valence-electron chi connectivity index (χ1n) is 7.84. The summed E-state index contributed by atoms with van der Waals surface area (Å²) in [4.78, 5) is 11.6. The average molecular weight is 318 g/mol. The Morgan fingerprint density at radius 1 is 1.00 bits per heavy atom. The zero-order valence-corrected chi connectivity index (χ0v) is 14.9. The van der Waals surface area contributed by atoms with Crippen LogP contribution in [0.25, 0.3) is 0 Å². The largest absolute Gasteiger partial charge is 0.544 e. The molecule has 0 aliphatic rings. The Bertz CT molecular complexity index is 274. The third kappa shape index (κ3) is 7.22. The molecular formula is C15H30O5Si. The van der Waals surface area contributed by atoms with Crippen molar-refractivity contribution in [1.82, 2.24) is 0 Å². The lowest BCUT2D eigenvalue weighted by atomic mass is 10.5. The number of carbonyl (C=O) groups excluding carboxylic acids is 1. The fourth-order valence-electron chi connectivity index (χ4n) is 1.73. The van der Waals surface area contributed by atoms with Crippen LogP contribution < -0.4 is 0 Å². The van der Waals surface area contributed by atoms with Gasteiger partial charge in [-0.1, -0.05) is 34.3 Å². The minimum Gasteiger partial charge on any atom is -0.455 e. The number of esters is 1. The predicted octanol–water partition coefficient (Wildman–Crippen LogP) is 3.25. The van der Waals surface area contributed by atoms with Crippen LogP contribution in [0.1, 0.15) is 53.4 Å². The first-order valence-corrected chi connectivity index (χ1v) is 9.65. The van der Waals surface area contributed by atoms with Gasteiger partial charge in [0.15, 0.2) is 5.73 Å². The molecule has 124 valence electrons. The molecule has 0 rings (SSSR count). The van der Waals surface area contributed by atoms with Crippen LogP contribution in [0.15, 0.2) is 12.7 Å². The molecule has 21 heavy (non-hydrogen) atoms. The molecule has 0 aromatic rings. The smallest absolute Gasteiger partial charge is 0.455 e. The summed E-state index contributed by atoms with van der Waals surface area (Å²) in [5, 5.41) is 0. The zero-order chi connectivity index (χ0) is 16.1. The Balaban J connectivity index is 5.20. The van der Waals surface area contributed by atoms with Gasteiger partial charge in [-0.05, 0) is 25.7 Å². The Labute approximate surface area is 130 Å². The van der Waals surface area contributed by atoms with Crippen LogP contribution in [-0.2, 0) is 22.8 Å². The Morgan fingerprint density at radius 3 is 1.71 bits per heavy atom. The summed E-state index contributed by atoms with van der Waals surface area (Å²) >= 11 is 0. The molecule has 5 nitrogen and oxygen atoms in total. The van der Waals surface area contributed by atoms with E-state index < -0.39 is 20.5 Å². The van der Waals surface area contributed by atoms with Crippen molar-refractivity contribution in [2.24, 2.45) is 0 Å². The minimum absolute atomic E-state index is 0.473. The summed E-state index contributed by atoms with van der Waals surface area (Å²) in [5.41, 5.74) is -0.493. The lowest BCUT2D eigenvalue weighted by molar-refractivity contribution is -0.143. The normalized spacial score (nSPS) is 13.0. The van der Waals surface area contributed by atoms with E-state index in [4.69, 9.17) is 18.0 Å². The number of ether oxygens (including phenoxy) is 1. The molecule has 0 aromatic heterocycles. The highest BCUT2D eigenvalue weighted by Gasteiger charge is 2.51. The van der Waals surface area contributed by atoms with E-state index in [1.807, 2.05) is 27.7 Å². The predicted molar refractivity (Wildman–Crippen MR) is 84.9 cm³/mol. The molecule has 0 saturated heterocycles. The van der Waals surface area contributed by atoms with Crippen LogP contribution in [0, 0.1) is 0 Å². The highest BCUT2D eigenvalue weighted by atomic mass is 28.4. The first-order chi connectivity index (χ1) is 10.1. The molecule has 0 radical (unpaired) electrons. The Kier molecular flexibility index (Phi) is 11.5. The zero-order valence-electron chi connectivity index (χ0n) is 13.9. The maximum atomic E-state index is 11.6. The van der Waals surface area contributed by atoms with E-state index in [-0.39, 0.29) is 0 Å². The molecular weight excluding hydrogens is 288 g/mol. The molecule has 0 spiro atoms. The van der Waals surface area contributed by atoms with Crippen LogP contribution >= 0.6 is 0 Å². The van der Waals surface area contributed by atoms with Crippen LogP contribution in [-0.4, -0.2) is 40.3 Å². The lowest BCUT2D eigenvalue weighted by Crippen LogP contribution is -2.58. The number of hydrogen-bond donors (Lipinski definition) is 0. The molecule has 0 bridgehead atoms. The van der Waals surface area contributed by atoms with Crippen molar-refractivity contribution >= 4 is 14.8 Å². The summed E-state index contributed by atoms with van der Waals surface area (Å²) in [7, 11) is -3.06. The van der Waals surface area contributed by atoms with Crippen molar-refractivity contribution in [3.8, 4) is 0 Å². The van der Waals surface area contributed by atoms with Crippen LogP contribution in [0.4, 0.5) is 0 Å². The van der Waals surface area contributed by atoms with Crippen LogP contribution in [0.3, 0.4) is 0 Å². The molecule has 0 amide bonds. The van der Waals surface area contributed by atoms with E-state index in [1.165, 1.54) is 0 Å². The average Bonchev–Trinajstić information content (AvgIpc) is 2.52. The van der Waals surface area contributed by atoms with Crippen LogP contribution in [0.2, 0.25) is 0 Å². The van der Waals surface area contributed by atoms with Gasteiger partial charge in [-0.15, -0.1) is 0 Å². The summed E-state index contributed by atoms with van der Waals surface area (Å²) < 4.78 is 23.3. The van der Waals surface area contributed by atoms with Gasteiger partial charge in [-0.2, -0.15) is 0 Å². The molecule has 0 heterocycles. The standard InChI is InChI=1S/C15H30O5Si/c1-6-11-17-21(18-12-7-2,19-13-8-3)15(10-5)20-14(16)9-4/h9,15H,4,6-8,10-13H2,1-3,5H3. The molecule has 1 unspecified atom stereocenters. The van der Waals surface area contributed by atoms with Gasteiger partial charge in [0, 0.05) is 25.9 Å². The third-order valence-corrected chi connectivity index (χ3v) is 5.85. The second-order valence-electron chi connectivity index (χ2n) is 4.69. The van der Waals surface area contributed by atoms with Crippen molar-refractivity contribution < 1.29 is 22.8 Å². The van der Waals surface area contributed by atoms with Crippen molar-refractivity contribution in [1.29, 1.82) is 0 Å². The van der Waals surface area contributed by atoms with Gasteiger partial charge in [0.05, 0.1) is 0 Å². The van der Waals surface area contributed by atoms with Gasteiger partial charge >= 0.3 is 14.8 Å². The van der Waals surface area contributed by atoms with Crippen molar-refractivity contribution in [2.45, 2.75) is 59.1 Å². The lowest BCUT2D eigenvalue weighted by Gasteiger charge is -2.34. The summed E-state index contributed by atoms with van der Waals surface area (Å²) in [5.74, 6) is -0.473. The Hall–Kier alpha value is -0.693. The monoisotopic (exact) mass is 318 g/mol. The summed E-state index contributed by atoms with van der Waals surface area (Å²) in [6.07, 6.45) is 4.30. The maximum Gasteiger partial charge on any atom is 0.544 e. The summed E-state index contributed by atoms with van der Waals surface area (Å²) in [6, 6.07) is 0. The highest BCUT2D eigenvalue weighted by molar-refractivity contribution is 6.62. The van der Waals surface area contributed by atoms with E-state index in [9.17, 15) is 4.79 Å². The molecule has 1 atom stereocenters. The fourth-order valence-corrected chi connectivity index (χ4v) is 4.76. The fraction of sp³-hybridized carbons (Fsp3) is 0.800. The first kappa shape index (κ1) is 20.3. The Morgan fingerprint density at radius 2 is 1.43 bits per heavy atom.